The second-order valence-electron chi connectivity index (χ2n) is 6.36. The first-order valence-electron chi connectivity index (χ1n) is 8.23. The van der Waals surface area contributed by atoms with Gasteiger partial charge in [-0.2, -0.15) is 0 Å². The number of Topliss-reactive ketones (excluding diaryl/α,β-unsaturated/α-hetero) is 1. The Labute approximate surface area is 148 Å². The summed E-state index contributed by atoms with van der Waals surface area (Å²) in [5.74, 6) is 0.422. The van der Waals surface area contributed by atoms with E-state index in [0.717, 1.165) is 5.56 Å². The lowest BCUT2D eigenvalue weighted by Gasteiger charge is -2.14. The number of hydrogen-bond acceptors (Lipinski definition) is 6. The molecule has 0 amide bonds. The average molecular weight is 352 g/mol. The van der Waals surface area contributed by atoms with Gasteiger partial charge < -0.3 is 13.9 Å². The fraction of sp³-hybridized carbons (Fsp3) is 0.250. The van der Waals surface area contributed by atoms with Crippen molar-refractivity contribution in [2.45, 2.75) is 26.7 Å². The van der Waals surface area contributed by atoms with Gasteiger partial charge in [-0.3, -0.25) is 14.4 Å². The molecule has 0 fully saturated rings. The fourth-order valence-corrected chi connectivity index (χ4v) is 3.63. The zero-order valence-corrected chi connectivity index (χ0v) is 14.6. The predicted octanol–water partition coefficient (Wildman–Crippen LogP) is 3.32. The van der Waals surface area contributed by atoms with Gasteiger partial charge in [-0.1, -0.05) is 0 Å². The minimum absolute atomic E-state index is 0.00552. The lowest BCUT2D eigenvalue weighted by Crippen LogP contribution is -2.08. The van der Waals surface area contributed by atoms with Gasteiger partial charge in [-0.25, -0.2) is 0 Å². The van der Waals surface area contributed by atoms with Crippen molar-refractivity contribution >= 4 is 33.5 Å². The summed E-state index contributed by atoms with van der Waals surface area (Å²) >= 11 is 0. The molecule has 1 aliphatic rings. The van der Waals surface area contributed by atoms with Crippen LogP contribution in [0.5, 0.6) is 11.5 Å². The molecule has 4 rings (SSSR count). The molecule has 0 aliphatic heterocycles. The highest BCUT2D eigenvalue weighted by Crippen LogP contribution is 2.43. The average Bonchev–Trinajstić information content (AvgIpc) is 2.92. The quantitative estimate of drug-likeness (QED) is 0.400. The number of aryl methyl sites for hydroxylation is 2. The molecule has 1 aromatic heterocycles. The maximum atomic E-state index is 12.6. The molecule has 0 spiro atoms. The van der Waals surface area contributed by atoms with Crippen LogP contribution in [-0.4, -0.2) is 18.9 Å². The summed E-state index contributed by atoms with van der Waals surface area (Å²) in [6.45, 7) is 2.93. The summed E-state index contributed by atoms with van der Waals surface area (Å²) in [5.41, 5.74) is 1.34. The van der Waals surface area contributed by atoms with Gasteiger partial charge in [-0.15, -0.1) is 0 Å². The van der Waals surface area contributed by atoms with E-state index >= 15 is 0 Å². The summed E-state index contributed by atoms with van der Waals surface area (Å²) in [4.78, 5) is 36.4. The van der Waals surface area contributed by atoms with E-state index in [1.54, 1.807) is 13.0 Å². The molecule has 3 aromatic rings. The van der Waals surface area contributed by atoms with Crippen molar-refractivity contribution in [2.75, 3.05) is 7.11 Å². The lowest BCUT2D eigenvalue weighted by molar-refractivity contribution is -0.131. The van der Waals surface area contributed by atoms with Crippen LogP contribution in [0.4, 0.5) is 0 Å². The Hall–Kier alpha value is -3.15. The molecule has 0 bridgehead atoms. The van der Waals surface area contributed by atoms with Crippen LogP contribution in [0.25, 0.3) is 21.7 Å². The van der Waals surface area contributed by atoms with Gasteiger partial charge in [0.15, 0.2) is 16.8 Å². The van der Waals surface area contributed by atoms with Crippen LogP contribution in [0, 0.1) is 6.92 Å². The number of carbonyl (C=O) groups excluding carboxylic acids is 2. The summed E-state index contributed by atoms with van der Waals surface area (Å²) in [6, 6.07) is 4.83. The van der Waals surface area contributed by atoms with E-state index in [0.29, 0.717) is 40.7 Å². The van der Waals surface area contributed by atoms with Gasteiger partial charge in [0.25, 0.3) is 0 Å². The maximum absolute atomic E-state index is 12.6. The number of benzene rings is 2. The second kappa shape index (κ2) is 5.69. The van der Waals surface area contributed by atoms with E-state index in [1.807, 2.05) is 6.07 Å². The fourth-order valence-electron chi connectivity index (χ4n) is 3.63. The summed E-state index contributed by atoms with van der Waals surface area (Å²) in [7, 11) is 1.49. The van der Waals surface area contributed by atoms with Crippen LogP contribution in [-0.2, 0) is 11.2 Å². The normalized spacial score (nSPS) is 13.3. The molecule has 132 valence electrons. The second-order valence-corrected chi connectivity index (χ2v) is 6.36. The van der Waals surface area contributed by atoms with Crippen molar-refractivity contribution in [1.82, 2.24) is 0 Å². The van der Waals surface area contributed by atoms with Crippen LogP contribution in [0.15, 0.2) is 27.4 Å². The number of rotatable bonds is 2. The Morgan fingerprint density at radius 1 is 1.12 bits per heavy atom. The molecular formula is C20H16O6. The zero-order chi connectivity index (χ0) is 18.6. The van der Waals surface area contributed by atoms with E-state index < -0.39 is 5.97 Å². The van der Waals surface area contributed by atoms with Crippen molar-refractivity contribution in [3.8, 4) is 11.5 Å². The first-order valence-corrected chi connectivity index (χ1v) is 8.23. The van der Waals surface area contributed by atoms with Crippen LogP contribution in [0.2, 0.25) is 0 Å². The van der Waals surface area contributed by atoms with Gasteiger partial charge in [0.2, 0.25) is 0 Å². The Morgan fingerprint density at radius 3 is 2.58 bits per heavy atom. The Balaban J connectivity index is 2.26. The third kappa shape index (κ3) is 2.29. The summed E-state index contributed by atoms with van der Waals surface area (Å²) in [5, 5.41) is 1.38. The number of ether oxygens (including phenoxy) is 2. The number of methoxy groups -OCH3 is 1. The number of carbonyl (C=O) groups is 2. The van der Waals surface area contributed by atoms with Crippen molar-refractivity contribution in [3.63, 3.8) is 0 Å². The molecular weight excluding hydrogens is 336 g/mol. The van der Waals surface area contributed by atoms with Crippen molar-refractivity contribution in [3.05, 3.63) is 45.3 Å². The molecule has 0 saturated carbocycles. The first kappa shape index (κ1) is 16.3. The molecule has 0 atom stereocenters. The number of fused-ring (bicyclic) bond motifs is 4. The molecule has 0 unspecified atom stereocenters. The summed E-state index contributed by atoms with van der Waals surface area (Å²) in [6.07, 6.45) is 1.04. The summed E-state index contributed by atoms with van der Waals surface area (Å²) < 4.78 is 16.7. The molecule has 2 aromatic carbocycles. The predicted molar refractivity (Wildman–Crippen MR) is 95.2 cm³/mol. The molecule has 6 nitrogen and oxygen atoms in total. The first-order chi connectivity index (χ1) is 12.4. The third-order valence-electron chi connectivity index (χ3n) is 4.58. The minimum atomic E-state index is -0.533. The molecule has 26 heavy (non-hydrogen) atoms. The van der Waals surface area contributed by atoms with Crippen LogP contribution < -0.4 is 14.9 Å². The highest BCUT2D eigenvalue weighted by molar-refractivity contribution is 6.16. The van der Waals surface area contributed by atoms with Crippen LogP contribution >= 0.6 is 0 Å². The van der Waals surface area contributed by atoms with E-state index in [9.17, 15) is 14.4 Å². The number of ketones is 1. The molecule has 0 saturated heterocycles. The molecule has 6 heteroatoms. The van der Waals surface area contributed by atoms with E-state index in [4.69, 9.17) is 13.9 Å². The highest BCUT2D eigenvalue weighted by atomic mass is 16.5. The van der Waals surface area contributed by atoms with Gasteiger partial charge in [0.1, 0.15) is 22.6 Å². The lowest BCUT2D eigenvalue weighted by atomic mass is 9.98. The molecule has 0 radical (unpaired) electrons. The Morgan fingerprint density at radius 2 is 1.88 bits per heavy atom. The smallest absolute Gasteiger partial charge is 0.308 e. The topological polar surface area (TPSA) is 82.8 Å². The van der Waals surface area contributed by atoms with E-state index in [1.165, 1.54) is 20.1 Å². The largest absolute Gasteiger partial charge is 0.495 e. The van der Waals surface area contributed by atoms with Crippen molar-refractivity contribution < 1.29 is 23.5 Å². The Kier molecular flexibility index (Phi) is 3.57. The van der Waals surface area contributed by atoms with Crippen molar-refractivity contribution in [1.29, 1.82) is 0 Å². The zero-order valence-electron chi connectivity index (χ0n) is 14.6. The van der Waals surface area contributed by atoms with Crippen LogP contribution in [0.1, 0.15) is 35.0 Å². The van der Waals surface area contributed by atoms with Gasteiger partial charge in [0, 0.05) is 19.4 Å². The molecule has 1 heterocycles. The Bertz CT molecular complexity index is 1170. The minimum Gasteiger partial charge on any atom is -0.495 e. The van der Waals surface area contributed by atoms with Gasteiger partial charge >= 0.3 is 5.97 Å². The van der Waals surface area contributed by atoms with E-state index in [2.05, 4.69) is 0 Å². The highest BCUT2D eigenvalue weighted by Gasteiger charge is 2.28. The van der Waals surface area contributed by atoms with Crippen molar-refractivity contribution in [2.24, 2.45) is 0 Å². The number of hydrogen-bond donors (Lipinski definition) is 0. The SMILES string of the molecule is COc1c2c(cc3cc(OC(C)=O)c4c(=O)cc(C)oc4c13)CCC2=O. The number of esters is 1. The van der Waals surface area contributed by atoms with Gasteiger partial charge in [-0.05, 0) is 36.4 Å². The monoisotopic (exact) mass is 352 g/mol. The van der Waals surface area contributed by atoms with E-state index in [-0.39, 0.29) is 27.9 Å². The standard InChI is InChI=1S/C20H16O6/c1-9-6-14(23)18-15(26-10(2)21)8-12-7-11-4-5-13(22)16(11)19(24-3)17(12)20(18)25-9/h6-8H,4-5H2,1-3H3. The maximum Gasteiger partial charge on any atom is 0.308 e. The van der Waals surface area contributed by atoms with Gasteiger partial charge in [0.05, 0.1) is 18.1 Å². The molecule has 1 aliphatic carbocycles. The van der Waals surface area contributed by atoms with Crippen LogP contribution in [0.3, 0.4) is 0 Å². The third-order valence-corrected chi connectivity index (χ3v) is 4.58. The molecule has 0 N–H and O–H groups in total.